The number of benzene rings is 1. The van der Waals surface area contributed by atoms with Crippen molar-refractivity contribution in [2.45, 2.75) is 6.42 Å². The van der Waals surface area contributed by atoms with E-state index in [0.717, 1.165) is 11.3 Å². The second kappa shape index (κ2) is 6.77. The lowest BCUT2D eigenvalue weighted by Gasteiger charge is -2.17. The van der Waals surface area contributed by atoms with Gasteiger partial charge in [-0.1, -0.05) is 23.7 Å². The van der Waals surface area contributed by atoms with Gasteiger partial charge in [0.05, 0.1) is 16.4 Å². The first-order valence-electron chi connectivity index (χ1n) is 6.96. The lowest BCUT2D eigenvalue weighted by molar-refractivity contribution is 1.03. The van der Waals surface area contributed by atoms with Gasteiger partial charge in [0, 0.05) is 37.4 Å². The summed E-state index contributed by atoms with van der Waals surface area (Å²) in [5.41, 5.74) is 14.9. The third-order valence-corrected chi connectivity index (χ3v) is 3.78. The second-order valence-corrected chi connectivity index (χ2v) is 5.56. The van der Waals surface area contributed by atoms with E-state index in [9.17, 15) is 0 Å². The monoisotopic (exact) mass is 317 g/mol. The lowest BCUT2D eigenvalue weighted by atomic mass is 10.1. The molecule has 0 aliphatic heterocycles. The largest absolute Gasteiger partial charge is 0.383 e. The van der Waals surface area contributed by atoms with Gasteiger partial charge < -0.3 is 21.8 Å². The van der Waals surface area contributed by atoms with E-state index >= 15 is 0 Å². The highest BCUT2D eigenvalue weighted by molar-refractivity contribution is 6.36. The summed E-state index contributed by atoms with van der Waals surface area (Å²) in [6.07, 6.45) is 0.474. The Morgan fingerprint density at radius 3 is 2.59 bits per heavy atom. The maximum absolute atomic E-state index is 7.95. The zero-order chi connectivity index (χ0) is 16.3. The molecule has 1 heterocycles. The molecule has 0 spiro atoms. The van der Waals surface area contributed by atoms with Crippen molar-refractivity contribution in [2.75, 3.05) is 31.3 Å². The molecule has 1 aromatic carbocycles. The van der Waals surface area contributed by atoms with E-state index in [1.807, 2.05) is 43.3 Å². The fourth-order valence-corrected chi connectivity index (χ4v) is 2.61. The third kappa shape index (κ3) is 3.21. The van der Waals surface area contributed by atoms with E-state index in [2.05, 4.69) is 4.98 Å². The Kier molecular flexibility index (Phi) is 5.00. The van der Waals surface area contributed by atoms with E-state index in [1.165, 1.54) is 0 Å². The Labute approximate surface area is 135 Å². The number of nitrogen functional groups attached to an aromatic ring is 1. The molecule has 0 unspecified atom stereocenters. The molecule has 6 heteroatoms. The van der Waals surface area contributed by atoms with Crippen LogP contribution in [0.25, 0.3) is 11.3 Å². The number of nitrogens with two attached hydrogens (primary N) is 2. The number of rotatable bonds is 5. The van der Waals surface area contributed by atoms with Crippen LogP contribution in [0.15, 0.2) is 30.3 Å². The number of anilines is 2. The quantitative estimate of drug-likeness (QED) is 0.739. The zero-order valence-corrected chi connectivity index (χ0v) is 13.5. The van der Waals surface area contributed by atoms with Crippen molar-refractivity contribution in [1.82, 2.24) is 4.98 Å². The molecule has 2 rings (SSSR count). The van der Waals surface area contributed by atoms with Gasteiger partial charge in [0.1, 0.15) is 5.82 Å². The Morgan fingerprint density at radius 2 is 2.00 bits per heavy atom. The van der Waals surface area contributed by atoms with Crippen molar-refractivity contribution in [1.29, 1.82) is 5.41 Å². The average molecular weight is 318 g/mol. The normalized spacial score (nSPS) is 10.5. The summed E-state index contributed by atoms with van der Waals surface area (Å²) in [5, 5.41) is 8.57. The zero-order valence-electron chi connectivity index (χ0n) is 12.7. The van der Waals surface area contributed by atoms with E-state index in [0.29, 0.717) is 40.8 Å². The third-order valence-electron chi connectivity index (χ3n) is 3.38. The molecular weight excluding hydrogens is 298 g/mol. The molecule has 5 nitrogen and oxygen atoms in total. The van der Waals surface area contributed by atoms with Gasteiger partial charge in [-0.3, -0.25) is 0 Å². The molecule has 2 aromatic rings. The first kappa shape index (κ1) is 16.3. The maximum atomic E-state index is 7.95. The SMILES string of the molecule is CN(C)c1cccc(-c2ccc(C(=N)CCN)c(N)n2)c1Cl. The van der Waals surface area contributed by atoms with Gasteiger partial charge in [-0.2, -0.15) is 0 Å². The minimum Gasteiger partial charge on any atom is -0.383 e. The van der Waals surface area contributed by atoms with Crippen LogP contribution >= 0.6 is 11.6 Å². The van der Waals surface area contributed by atoms with Crippen molar-refractivity contribution in [3.8, 4) is 11.3 Å². The molecule has 1 aromatic heterocycles. The van der Waals surface area contributed by atoms with Crippen molar-refractivity contribution in [3.63, 3.8) is 0 Å². The summed E-state index contributed by atoms with van der Waals surface area (Å²) in [5.74, 6) is 0.322. The number of nitrogens with one attached hydrogen (secondary N) is 1. The number of halogens is 1. The number of nitrogens with zero attached hydrogens (tertiary/aromatic N) is 2. The maximum Gasteiger partial charge on any atom is 0.133 e. The highest BCUT2D eigenvalue weighted by Gasteiger charge is 2.13. The summed E-state index contributed by atoms with van der Waals surface area (Å²) in [6.45, 7) is 0.413. The predicted octanol–water partition coefficient (Wildman–Crippen LogP) is 2.77. The number of hydrogen-bond donors (Lipinski definition) is 3. The molecular formula is C16H20ClN5. The Morgan fingerprint density at radius 1 is 1.27 bits per heavy atom. The van der Waals surface area contributed by atoms with E-state index < -0.39 is 0 Å². The number of hydrogen-bond acceptors (Lipinski definition) is 5. The molecule has 0 bridgehead atoms. The van der Waals surface area contributed by atoms with Gasteiger partial charge in [-0.15, -0.1) is 0 Å². The molecule has 116 valence electrons. The first-order chi connectivity index (χ1) is 10.5. The number of pyridine rings is 1. The fraction of sp³-hybridized carbons (Fsp3) is 0.250. The number of aromatic nitrogens is 1. The van der Waals surface area contributed by atoms with Crippen molar-refractivity contribution >= 4 is 28.8 Å². The van der Waals surface area contributed by atoms with Crippen LogP contribution in [0.4, 0.5) is 11.5 Å². The molecule has 0 saturated heterocycles. The van der Waals surface area contributed by atoms with Crippen LogP contribution in [0.2, 0.25) is 5.02 Å². The summed E-state index contributed by atoms with van der Waals surface area (Å²) in [7, 11) is 3.87. The highest BCUT2D eigenvalue weighted by atomic mass is 35.5. The van der Waals surface area contributed by atoms with Crippen LogP contribution in [-0.2, 0) is 0 Å². The van der Waals surface area contributed by atoms with Gasteiger partial charge in [-0.25, -0.2) is 4.98 Å². The Bertz CT molecular complexity index is 697. The average Bonchev–Trinajstić information content (AvgIpc) is 2.47. The van der Waals surface area contributed by atoms with Crippen LogP contribution in [0.5, 0.6) is 0 Å². The van der Waals surface area contributed by atoms with E-state index in [4.69, 9.17) is 28.5 Å². The van der Waals surface area contributed by atoms with Crippen LogP contribution < -0.4 is 16.4 Å². The van der Waals surface area contributed by atoms with Gasteiger partial charge in [0.2, 0.25) is 0 Å². The fourth-order valence-electron chi connectivity index (χ4n) is 2.22. The van der Waals surface area contributed by atoms with E-state index in [1.54, 1.807) is 6.07 Å². The highest BCUT2D eigenvalue weighted by Crippen LogP contribution is 2.34. The molecule has 0 saturated carbocycles. The van der Waals surface area contributed by atoms with Gasteiger partial charge in [-0.05, 0) is 24.7 Å². The summed E-state index contributed by atoms with van der Waals surface area (Å²) < 4.78 is 0. The van der Waals surface area contributed by atoms with E-state index in [-0.39, 0.29) is 0 Å². The standard InChI is InChI=1S/C16H20ClN5/c1-22(2)14-5-3-4-11(15(14)17)13-7-6-10(16(20)21-13)12(19)8-9-18/h3-7,19H,8-9,18H2,1-2H3,(H2,20,21). The van der Waals surface area contributed by atoms with Crippen LogP contribution in [0.1, 0.15) is 12.0 Å². The molecule has 0 atom stereocenters. The van der Waals surface area contributed by atoms with Gasteiger partial charge >= 0.3 is 0 Å². The topological polar surface area (TPSA) is 92.0 Å². The van der Waals surface area contributed by atoms with Gasteiger partial charge in [0.15, 0.2) is 0 Å². The molecule has 5 N–H and O–H groups in total. The molecule has 0 radical (unpaired) electrons. The van der Waals surface area contributed by atoms with Crippen LogP contribution in [0, 0.1) is 5.41 Å². The van der Waals surface area contributed by atoms with Crippen molar-refractivity contribution < 1.29 is 0 Å². The van der Waals surface area contributed by atoms with Crippen molar-refractivity contribution in [3.05, 3.63) is 40.9 Å². The Balaban J connectivity index is 2.45. The summed E-state index contributed by atoms with van der Waals surface area (Å²) in [6, 6.07) is 9.41. The van der Waals surface area contributed by atoms with Crippen LogP contribution in [-0.4, -0.2) is 31.3 Å². The minimum absolute atomic E-state index is 0.322. The molecule has 0 amide bonds. The second-order valence-electron chi connectivity index (χ2n) is 5.18. The smallest absolute Gasteiger partial charge is 0.133 e. The van der Waals surface area contributed by atoms with Crippen LogP contribution in [0.3, 0.4) is 0 Å². The van der Waals surface area contributed by atoms with Gasteiger partial charge in [0.25, 0.3) is 0 Å². The summed E-state index contributed by atoms with van der Waals surface area (Å²) >= 11 is 6.46. The predicted molar refractivity (Wildman–Crippen MR) is 93.9 cm³/mol. The molecule has 0 fully saturated rings. The molecule has 0 aliphatic rings. The lowest BCUT2D eigenvalue weighted by Crippen LogP contribution is -2.11. The molecule has 22 heavy (non-hydrogen) atoms. The molecule has 0 aliphatic carbocycles. The first-order valence-corrected chi connectivity index (χ1v) is 7.34. The van der Waals surface area contributed by atoms with Crippen molar-refractivity contribution in [2.24, 2.45) is 5.73 Å². The minimum atomic E-state index is 0.322. The summed E-state index contributed by atoms with van der Waals surface area (Å²) in [4.78, 5) is 6.35. The Hall–Kier alpha value is -2.11.